The summed E-state index contributed by atoms with van der Waals surface area (Å²) in [4.78, 5) is 0. The molecule has 1 unspecified atom stereocenters. The van der Waals surface area contributed by atoms with Crippen LogP contribution in [0.5, 0.6) is 0 Å². The molecule has 0 saturated carbocycles. The second-order valence-corrected chi connectivity index (χ2v) is 3.39. The van der Waals surface area contributed by atoms with Crippen molar-refractivity contribution in [2.75, 3.05) is 0 Å². The lowest BCUT2D eigenvalue weighted by atomic mass is 10.2. The van der Waals surface area contributed by atoms with Gasteiger partial charge < -0.3 is 12.4 Å². The van der Waals surface area contributed by atoms with Gasteiger partial charge in [-0.15, -0.1) is 0 Å². The number of nitrogens with zero attached hydrogens (tertiary/aromatic N) is 1. The summed E-state index contributed by atoms with van der Waals surface area (Å²) in [7, 11) is 0. The third-order valence-electron chi connectivity index (χ3n) is 1.57. The molecule has 0 aliphatic rings. The Labute approximate surface area is 84.8 Å². The van der Waals surface area contributed by atoms with Gasteiger partial charge in [0.05, 0.1) is 0 Å². The molecule has 0 aliphatic heterocycles. The minimum absolute atomic E-state index is 0. The highest BCUT2D eigenvalue weighted by Crippen LogP contribution is 2.14. The van der Waals surface area contributed by atoms with Crippen molar-refractivity contribution in [3.8, 4) is 0 Å². The molecule has 1 rings (SSSR count). The average Bonchev–Trinajstić information content (AvgIpc) is 2.05. The van der Waals surface area contributed by atoms with E-state index in [0.717, 1.165) is 0 Å². The Hall–Kier alpha value is -0.270. The van der Waals surface area contributed by atoms with Crippen LogP contribution in [0.2, 0.25) is 0 Å². The van der Waals surface area contributed by atoms with E-state index in [1.807, 2.05) is 35.2 Å². The van der Waals surface area contributed by atoms with Crippen LogP contribution < -0.4 is 17.0 Å². The zero-order valence-electron chi connectivity index (χ0n) is 7.24. The smallest absolute Gasteiger partial charge is 0.234 e. The third kappa shape index (κ3) is 3.00. The molecule has 0 radical (unpaired) electrons. The van der Waals surface area contributed by atoms with Crippen molar-refractivity contribution < 1.29 is 17.0 Å². The lowest BCUT2D eigenvalue weighted by molar-refractivity contribution is -0.708. The van der Waals surface area contributed by atoms with Gasteiger partial charge in [-0.25, -0.2) is 0 Å². The molecule has 0 N–H and O–H groups in total. The molecule has 0 aromatic carbocycles. The van der Waals surface area contributed by atoms with Crippen LogP contribution in [0, 0.1) is 5.92 Å². The SMILES string of the molecule is CC(C)C(Cl)[n+]1ccccc1.[Cl-]. The second kappa shape index (κ2) is 5.39. The molecule has 1 heterocycles. The van der Waals surface area contributed by atoms with E-state index in [1.165, 1.54) is 0 Å². The summed E-state index contributed by atoms with van der Waals surface area (Å²) in [6.07, 6.45) is 3.97. The Bertz CT molecular complexity index is 211. The number of alkyl halides is 1. The van der Waals surface area contributed by atoms with Gasteiger partial charge in [0.25, 0.3) is 0 Å². The number of aromatic nitrogens is 1. The maximum atomic E-state index is 6.10. The molecule has 1 aromatic rings. The van der Waals surface area contributed by atoms with E-state index in [-0.39, 0.29) is 17.9 Å². The van der Waals surface area contributed by atoms with Gasteiger partial charge in [0.2, 0.25) is 5.50 Å². The zero-order chi connectivity index (χ0) is 8.27. The molecule has 68 valence electrons. The molecule has 1 aromatic heterocycles. The Balaban J connectivity index is 0.00000121. The Morgan fingerprint density at radius 1 is 1.08 bits per heavy atom. The van der Waals surface area contributed by atoms with Crippen LogP contribution >= 0.6 is 11.6 Å². The first kappa shape index (κ1) is 11.7. The van der Waals surface area contributed by atoms with Gasteiger partial charge in [-0.3, -0.25) is 0 Å². The molecular formula is C9H13Cl2N. The normalized spacial score (nSPS) is 12.3. The van der Waals surface area contributed by atoms with E-state index in [1.54, 1.807) is 0 Å². The van der Waals surface area contributed by atoms with Crippen LogP contribution in [0.1, 0.15) is 19.3 Å². The minimum atomic E-state index is 0. The van der Waals surface area contributed by atoms with Crippen LogP contribution in [0.3, 0.4) is 0 Å². The van der Waals surface area contributed by atoms with Gasteiger partial charge in [-0.2, -0.15) is 4.57 Å². The second-order valence-electron chi connectivity index (χ2n) is 2.94. The molecule has 0 aliphatic carbocycles. The van der Waals surface area contributed by atoms with Gasteiger partial charge in [0.15, 0.2) is 12.4 Å². The molecule has 0 saturated heterocycles. The first-order chi connectivity index (χ1) is 5.22. The highest BCUT2D eigenvalue weighted by Gasteiger charge is 2.17. The van der Waals surface area contributed by atoms with Gasteiger partial charge in [-0.05, 0) is 11.6 Å². The number of hydrogen-bond acceptors (Lipinski definition) is 0. The first-order valence-corrected chi connectivity index (χ1v) is 4.25. The monoisotopic (exact) mass is 205 g/mol. The summed E-state index contributed by atoms with van der Waals surface area (Å²) >= 11 is 6.10. The maximum Gasteiger partial charge on any atom is 0.234 e. The van der Waals surface area contributed by atoms with Crippen molar-refractivity contribution in [3.05, 3.63) is 30.6 Å². The summed E-state index contributed by atoms with van der Waals surface area (Å²) in [6, 6.07) is 5.95. The fourth-order valence-corrected chi connectivity index (χ4v) is 1.05. The minimum Gasteiger partial charge on any atom is -1.00 e. The van der Waals surface area contributed by atoms with Crippen molar-refractivity contribution >= 4 is 11.6 Å². The molecule has 1 nitrogen and oxygen atoms in total. The quantitative estimate of drug-likeness (QED) is 0.448. The first-order valence-electron chi connectivity index (χ1n) is 3.81. The van der Waals surface area contributed by atoms with E-state index in [0.29, 0.717) is 5.92 Å². The van der Waals surface area contributed by atoms with E-state index >= 15 is 0 Å². The largest absolute Gasteiger partial charge is 1.00 e. The standard InChI is InChI=1S/C9H13ClN.ClH/c1-8(2)9(10)11-6-4-3-5-7-11;/h3-9H,1-2H3;1H/q+1;/p-1. The van der Waals surface area contributed by atoms with Gasteiger partial charge >= 0.3 is 0 Å². The van der Waals surface area contributed by atoms with Crippen LogP contribution in [0.15, 0.2) is 30.6 Å². The Morgan fingerprint density at radius 2 is 1.58 bits per heavy atom. The third-order valence-corrected chi connectivity index (χ3v) is 2.30. The van der Waals surface area contributed by atoms with Gasteiger partial charge in [0, 0.05) is 18.1 Å². The van der Waals surface area contributed by atoms with Crippen molar-refractivity contribution in [2.24, 2.45) is 5.92 Å². The molecule has 0 spiro atoms. The summed E-state index contributed by atoms with van der Waals surface area (Å²) in [6.45, 7) is 4.22. The number of rotatable bonds is 2. The molecule has 3 heteroatoms. The van der Waals surface area contributed by atoms with Crippen LogP contribution in [0.25, 0.3) is 0 Å². The number of hydrogen-bond donors (Lipinski definition) is 0. The summed E-state index contributed by atoms with van der Waals surface area (Å²) < 4.78 is 2.01. The van der Waals surface area contributed by atoms with E-state index < -0.39 is 0 Å². The molecule has 0 fully saturated rings. The van der Waals surface area contributed by atoms with Crippen molar-refractivity contribution in [2.45, 2.75) is 19.3 Å². The maximum absolute atomic E-state index is 6.10. The van der Waals surface area contributed by atoms with E-state index in [9.17, 15) is 0 Å². The van der Waals surface area contributed by atoms with Crippen LogP contribution in [-0.4, -0.2) is 0 Å². The fourth-order valence-electron chi connectivity index (χ4n) is 0.921. The molecule has 12 heavy (non-hydrogen) atoms. The lowest BCUT2D eigenvalue weighted by Gasteiger charge is -2.06. The molecule has 0 amide bonds. The van der Waals surface area contributed by atoms with Crippen LogP contribution in [0.4, 0.5) is 0 Å². The lowest BCUT2D eigenvalue weighted by Crippen LogP contribution is -3.00. The van der Waals surface area contributed by atoms with Crippen molar-refractivity contribution in [1.82, 2.24) is 0 Å². The highest BCUT2D eigenvalue weighted by atomic mass is 35.5. The Morgan fingerprint density at radius 3 is 2.00 bits per heavy atom. The average molecular weight is 206 g/mol. The summed E-state index contributed by atoms with van der Waals surface area (Å²) in [5.41, 5.74) is 0.0659. The van der Waals surface area contributed by atoms with E-state index in [2.05, 4.69) is 13.8 Å². The van der Waals surface area contributed by atoms with Gasteiger partial charge in [0.1, 0.15) is 0 Å². The van der Waals surface area contributed by atoms with Gasteiger partial charge in [-0.1, -0.05) is 19.9 Å². The highest BCUT2D eigenvalue weighted by molar-refractivity contribution is 6.18. The van der Waals surface area contributed by atoms with Crippen molar-refractivity contribution in [1.29, 1.82) is 0 Å². The predicted octanol–water partition coefficient (Wildman–Crippen LogP) is -0.628. The van der Waals surface area contributed by atoms with Crippen LogP contribution in [-0.2, 0) is 0 Å². The number of pyridine rings is 1. The Kier molecular flexibility index (Phi) is 5.27. The van der Waals surface area contributed by atoms with Crippen molar-refractivity contribution in [3.63, 3.8) is 0 Å². The summed E-state index contributed by atoms with van der Waals surface area (Å²) in [5, 5.41) is 0. The van der Waals surface area contributed by atoms with E-state index in [4.69, 9.17) is 11.6 Å². The zero-order valence-corrected chi connectivity index (χ0v) is 8.76. The molecular weight excluding hydrogens is 193 g/mol. The fraction of sp³-hybridized carbons (Fsp3) is 0.444. The topological polar surface area (TPSA) is 3.88 Å². The summed E-state index contributed by atoms with van der Waals surface area (Å²) in [5.74, 6) is 0.462. The molecule has 1 atom stereocenters. The number of halogens is 2. The predicted molar refractivity (Wildman–Crippen MR) is 46.4 cm³/mol. The molecule has 0 bridgehead atoms.